The highest BCUT2D eigenvalue weighted by molar-refractivity contribution is 9.10. The molecular formula is C29H26BrClN4O5. The first-order valence-corrected chi connectivity index (χ1v) is 14.0. The zero-order valence-corrected chi connectivity index (χ0v) is 24.0. The first-order chi connectivity index (χ1) is 19.3. The van der Waals surface area contributed by atoms with Crippen molar-refractivity contribution >= 4 is 50.3 Å². The summed E-state index contributed by atoms with van der Waals surface area (Å²) in [5.41, 5.74) is 1.60. The van der Waals surface area contributed by atoms with E-state index in [-0.39, 0.29) is 23.8 Å². The van der Waals surface area contributed by atoms with E-state index < -0.39 is 4.92 Å². The summed E-state index contributed by atoms with van der Waals surface area (Å²) in [6, 6.07) is 14.9. The molecule has 1 heterocycles. The maximum Gasteiger partial charge on any atom is 0.282 e. The van der Waals surface area contributed by atoms with Crippen LogP contribution in [0.1, 0.15) is 55.0 Å². The van der Waals surface area contributed by atoms with Gasteiger partial charge in [0, 0.05) is 39.2 Å². The lowest BCUT2D eigenvalue weighted by molar-refractivity contribution is -0.384. The summed E-state index contributed by atoms with van der Waals surface area (Å²) in [4.78, 5) is 29.1. The molecule has 1 aromatic heterocycles. The topological polar surface area (TPSA) is 109 Å². The molecule has 1 fully saturated rings. The van der Waals surface area contributed by atoms with E-state index in [0.29, 0.717) is 38.8 Å². The minimum absolute atomic E-state index is 0.00381. The summed E-state index contributed by atoms with van der Waals surface area (Å²) in [6.45, 7) is 0.121. The molecule has 0 atom stereocenters. The minimum Gasteiger partial charge on any atom is -0.493 e. The Balaban J connectivity index is 1.55. The normalized spacial score (nSPS) is 14.1. The number of nitro benzene ring substituents is 1. The van der Waals surface area contributed by atoms with E-state index in [4.69, 9.17) is 26.1 Å². The standard InChI is InChI=1S/C29H26BrClN4O5/c1-39-26-15-22(31)13-20(27(26)40-17-18-7-10-23(11-8-18)35(37)38)16-32-34-28(19-5-3-2-4-6-19)33-25-12-9-21(30)14-24(25)29(34)36/h7-16,19H,2-6,17H2,1H3. The van der Waals surface area contributed by atoms with E-state index in [1.54, 1.807) is 30.3 Å². The van der Waals surface area contributed by atoms with Crippen LogP contribution >= 0.6 is 27.5 Å². The first kappa shape index (κ1) is 27.8. The Bertz CT molecular complexity index is 1650. The third kappa shape index (κ3) is 6.03. The number of ether oxygens (including phenoxy) is 2. The van der Waals surface area contributed by atoms with Gasteiger partial charge >= 0.3 is 0 Å². The molecule has 11 heteroatoms. The molecule has 0 aliphatic heterocycles. The van der Waals surface area contributed by atoms with Crippen LogP contribution in [0.2, 0.25) is 5.02 Å². The van der Waals surface area contributed by atoms with Crippen LogP contribution in [-0.2, 0) is 6.61 Å². The summed E-state index contributed by atoms with van der Waals surface area (Å²) in [5.74, 6) is 1.52. The van der Waals surface area contributed by atoms with Crippen LogP contribution in [0, 0.1) is 10.1 Å². The van der Waals surface area contributed by atoms with Gasteiger partial charge in [-0.2, -0.15) is 9.78 Å². The molecule has 206 valence electrons. The lowest BCUT2D eigenvalue weighted by Crippen LogP contribution is -2.25. The fourth-order valence-electron chi connectivity index (χ4n) is 4.88. The number of rotatable bonds is 8. The molecule has 0 saturated heterocycles. The highest BCUT2D eigenvalue weighted by Gasteiger charge is 2.23. The van der Waals surface area contributed by atoms with Crippen LogP contribution in [-0.4, -0.2) is 27.9 Å². The van der Waals surface area contributed by atoms with Crippen LogP contribution in [0.4, 0.5) is 5.69 Å². The summed E-state index contributed by atoms with van der Waals surface area (Å²) in [5, 5.41) is 16.5. The molecule has 40 heavy (non-hydrogen) atoms. The number of fused-ring (bicyclic) bond motifs is 1. The molecule has 1 aliphatic rings. The molecule has 1 saturated carbocycles. The van der Waals surface area contributed by atoms with E-state index in [0.717, 1.165) is 35.7 Å². The lowest BCUT2D eigenvalue weighted by atomic mass is 9.88. The molecule has 1 aliphatic carbocycles. The summed E-state index contributed by atoms with van der Waals surface area (Å²) >= 11 is 9.83. The fourth-order valence-corrected chi connectivity index (χ4v) is 5.46. The van der Waals surface area contributed by atoms with Crippen molar-refractivity contribution in [2.45, 2.75) is 44.6 Å². The van der Waals surface area contributed by atoms with E-state index in [2.05, 4.69) is 21.0 Å². The molecule has 5 rings (SSSR count). The quantitative estimate of drug-likeness (QED) is 0.116. The van der Waals surface area contributed by atoms with Gasteiger partial charge in [0.05, 0.1) is 29.2 Å². The highest BCUT2D eigenvalue weighted by atomic mass is 79.9. The van der Waals surface area contributed by atoms with Crippen LogP contribution in [0.5, 0.6) is 11.5 Å². The van der Waals surface area contributed by atoms with Crippen LogP contribution in [0.15, 0.2) is 69.0 Å². The van der Waals surface area contributed by atoms with Crippen molar-refractivity contribution in [3.05, 3.63) is 102 Å². The predicted octanol–water partition coefficient (Wildman–Crippen LogP) is 7.24. The van der Waals surface area contributed by atoms with Gasteiger partial charge in [-0.3, -0.25) is 14.9 Å². The molecule has 0 N–H and O–H groups in total. The van der Waals surface area contributed by atoms with Crippen LogP contribution in [0.25, 0.3) is 10.9 Å². The maximum atomic E-state index is 13.7. The van der Waals surface area contributed by atoms with E-state index >= 15 is 0 Å². The average Bonchev–Trinajstić information content (AvgIpc) is 2.96. The molecule has 4 aromatic rings. The van der Waals surface area contributed by atoms with Gasteiger partial charge < -0.3 is 9.47 Å². The second-order valence-electron chi connectivity index (χ2n) is 9.57. The fraction of sp³-hybridized carbons (Fsp3) is 0.276. The molecule has 0 bridgehead atoms. The summed E-state index contributed by atoms with van der Waals surface area (Å²) in [7, 11) is 1.50. The zero-order valence-electron chi connectivity index (χ0n) is 21.7. The third-order valence-corrected chi connectivity index (χ3v) is 7.63. The number of methoxy groups -OCH3 is 1. The Labute approximate surface area is 243 Å². The van der Waals surface area contributed by atoms with E-state index in [1.807, 2.05) is 12.1 Å². The molecule has 0 unspecified atom stereocenters. The van der Waals surface area contributed by atoms with Crippen molar-refractivity contribution in [1.82, 2.24) is 9.66 Å². The number of nitro groups is 1. The highest BCUT2D eigenvalue weighted by Crippen LogP contribution is 2.35. The number of hydrogen-bond donors (Lipinski definition) is 0. The Morgan fingerprint density at radius 1 is 1.15 bits per heavy atom. The minimum atomic E-state index is -0.453. The van der Waals surface area contributed by atoms with Crippen molar-refractivity contribution in [2.24, 2.45) is 5.10 Å². The number of nitrogens with zero attached hydrogens (tertiary/aromatic N) is 4. The second-order valence-corrected chi connectivity index (χ2v) is 10.9. The van der Waals surface area contributed by atoms with Gasteiger partial charge in [0.1, 0.15) is 12.4 Å². The maximum absolute atomic E-state index is 13.7. The van der Waals surface area contributed by atoms with Gasteiger partial charge in [-0.05, 0) is 54.8 Å². The van der Waals surface area contributed by atoms with E-state index in [1.165, 1.54) is 36.6 Å². The average molecular weight is 626 g/mol. The largest absolute Gasteiger partial charge is 0.493 e. The Kier molecular flexibility index (Phi) is 8.46. The van der Waals surface area contributed by atoms with Crippen molar-refractivity contribution in [3.8, 4) is 11.5 Å². The molecule has 0 amide bonds. The Morgan fingerprint density at radius 2 is 1.90 bits per heavy atom. The molecule has 9 nitrogen and oxygen atoms in total. The zero-order chi connectivity index (χ0) is 28.2. The SMILES string of the molecule is COc1cc(Cl)cc(C=Nn2c(C3CCCCC3)nc3ccc(Br)cc3c2=O)c1OCc1ccc([N+](=O)[O-])cc1. The number of benzene rings is 3. The van der Waals surface area contributed by atoms with Gasteiger partial charge in [0.25, 0.3) is 11.2 Å². The van der Waals surface area contributed by atoms with Gasteiger partial charge in [-0.1, -0.05) is 46.8 Å². The Hall–Kier alpha value is -3.76. The molecule has 0 spiro atoms. The summed E-state index contributed by atoms with van der Waals surface area (Å²) < 4.78 is 13.8. The monoisotopic (exact) mass is 624 g/mol. The van der Waals surface area contributed by atoms with E-state index in [9.17, 15) is 14.9 Å². The summed E-state index contributed by atoms with van der Waals surface area (Å²) in [6.07, 6.45) is 6.74. The van der Waals surface area contributed by atoms with Gasteiger partial charge in [0.2, 0.25) is 0 Å². The molecule has 0 radical (unpaired) electrons. The third-order valence-electron chi connectivity index (χ3n) is 6.91. The van der Waals surface area contributed by atoms with Gasteiger partial charge in [-0.25, -0.2) is 4.98 Å². The molecular weight excluding hydrogens is 600 g/mol. The number of halogens is 2. The lowest BCUT2D eigenvalue weighted by Gasteiger charge is -2.23. The van der Waals surface area contributed by atoms with Crippen molar-refractivity contribution < 1.29 is 14.4 Å². The van der Waals surface area contributed by atoms with Crippen LogP contribution < -0.4 is 15.0 Å². The van der Waals surface area contributed by atoms with Crippen molar-refractivity contribution in [2.75, 3.05) is 7.11 Å². The molecule has 3 aromatic carbocycles. The smallest absolute Gasteiger partial charge is 0.282 e. The predicted molar refractivity (Wildman–Crippen MR) is 158 cm³/mol. The second kappa shape index (κ2) is 12.2. The van der Waals surface area contributed by atoms with Crippen molar-refractivity contribution in [3.63, 3.8) is 0 Å². The number of aromatic nitrogens is 2. The Morgan fingerprint density at radius 3 is 2.60 bits per heavy atom. The first-order valence-electron chi connectivity index (χ1n) is 12.8. The van der Waals surface area contributed by atoms with Gasteiger partial charge in [0.15, 0.2) is 11.5 Å². The number of non-ortho nitro benzene ring substituents is 1. The van der Waals surface area contributed by atoms with Crippen molar-refractivity contribution in [1.29, 1.82) is 0 Å². The van der Waals surface area contributed by atoms with Crippen LogP contribution in [0.3, 0.4) is 0 Å². The number of hydrogen-bond acceptors (Lipinski definition) is 7. The van der Waals surface area contributed by atoms with Gasteiger partial charge in [-0.15, -0.1) is 0 Å².